The Morgan fingerprint density at radius 3 is 2.71 bits per heavy atom. The molecule has 0 spiro atoms. The van der Waals surface area contributed by atoms with Gasteiger partial charge in [-0.25, -0.2) is 0 Å². The van der Waals surface area contributed by atoms with Crippen LogP contribution in [0.5, 0.6) is 0 Å². The molecule has 1 saturated heterocycles. The zero-order valence-corrected chi connectivity index (χ0v) is 10.2. The first-order valence-electron chi connectivity index (χ1n) is 5.90. The van der Waals surface area contributed by atoms with E-state index in [2.05, 4.69) is 28.8 Å². The fraction of sp³-hybridized carbons (Fsp3) is 1.00. The van der Waals surface area contributed by atoms with Crippen LogP contribution in [0.4, 0.5) is 0 Å². The lowest BCUT2D eigenvalue weighted by atomic mass is 10.2. The summed E-state index contributed by atoms with van der Waals surface area (Å²) in [6, 6.07) is 0.846. The standard InChI is InChI=1S/C11H19NS2/c1-2-8(1)7-12-9-3-4-10-11(9)14-6-5-13-10/h8-12H,1-7H2. The van der Waals surface area contributed by atoms with E-state index >= 15 is 0 Å². The largest absolute Gasteiger partial charge is 0.313 e. The van der Waals surface area contributed by atoms with Gasteiger partial charge in [0.05, 0.1) is 0 Å². The molecule has 0 amide bonds. The van der Waals surface area contributed by atoms with Gasteiger partial charge in [-0.1, -0.05) is 0 Å². The Kier molecular flexibility index (Phi) is 3.00. The molecule has 0 radical (unpaired) electrons. The highest BCUT2D eigenvalue weighted by Gasteiger charge is 2.38. The molecule has 3 atom stereocenters. The first kappa shape index (κ1) is 9.86. The van der Waals surface area contributed by atoms with Gasteiger partial charge in [-0.15, -0.1) is 0 Å². The number of hydrogen-bond acceptors (Lipinski definition) is 3. The molecule has 1 N–H and O–H groups in total. The Morgan fingerprint density at radius 1 is 1.00 bits per heavy atom. The molecule has 1 nitrogen and oxygen atoms in total. The molecule has 0 aromatic rings. The number of thioether (sulfide) groups is 2. The van der Waals surface area contributed by atoms with Gasteiger partial charge in [0.25, 0.3) is 0 Å². The van der Waals surface area contributed by atoms with Gasteiger partial charge < -0.3 is 5.32 Å². The van der Waals surface area contributed by atoms with Crippen LogP contribution in [0, 0.1) is 5.92 Å². The maximum absolute atomic E-state index is 3.81. The Balaban J connectivity index is 1.52. The molecular weight excluding hydrogens is 210 g/mol. The van der Waals surface area contributed by atoms with Crippen LogP contribution in [0.25, 0.3) is 0 Å². The molecular formula is C11H19NS2. The fourth-order valence-corrected chi connectivity index (χ4v) is 5.89. The summed E-state index contributed by atoms with van der Waals surface area (Å²) < 4.78 is 0. The predicted molar refractivity (Wildman–Crippen MR) is 66.2 cm³/mol. The normalized spacial score (nSPS) is 42.4. The summed E-state index contributed by atoms with van der Waals surface area (Å²) >= 11 is 4.46. The topological polar surface area (TPSA) is 12.0 Å². The highest BCUT2D eigenvalue weighted by molar-refractivity contribution is 8.07. The van der Waals surface area contributed by atoms with Crippen molar-refractivity contribution in [2.24, 2.45) is 5.92 Å². The van der Waals surface area contributed by atoms with Crippen molar-refractivity contribution in [1.29, 1.82) is 0 Å². The second-order valence-corrected chi connectivity index (χ2v) is 7.41. The van der Waals surface area contributed by atoms with Gasteiger partial charge in [0.2, 0.25) is 0 Å². The van der Waals surface area contributed by atoms with E-state index in [-0.39, 0.29) is 0 Å². The van der Waals surface area contributed by atoms with Crippen LogP contribution in [-0.4, -0.2) is 34.6 Å². The zero-order valence-electron chi connectivity index (χ0n) is 8.58. The highest BCUT2D eigenvalue weighted by Crippen LogP contribution is 2.42. The van der Waals surface area contributed by atoms with Gasteiger partial charge in [0, 0.05) is 28.0 Å². The summed E-state index contributed by atoms with van der Waals surface area (Å²) in [5.41, 5.74) is 0. The summed E-state index contributed by atoms with van der Waals surface area (Å²) in [6.07, 6.45) is 5.86. The van der Waals surface area contributed by atoms with E-state index < -0.39 is 0 Å². The van der Waals surface area contributed by atoms with Crippen LogP contribution >= 0.6 is 23.5 Å². The third-order valence-electron chi connectivity index (χ3n) is 3.62. The molecule has 2 saturated carbocycles. The van der Waals surface area contributed by atoms with Crippen LogP contribution in [0.1, 0.15) is 25.7 Å². The van der Waals surface area contributed by atoms with E-state index in [0.29, 0.717) is 0 Å². The number of fused-ring (bicyclic) bond motifs is 1. The number of rotatable bonds is 3. The summed E-state index contributed by atoms with van der Waals surface area (Å²) in [6.45, 7) is 1.30. The van der Waals surface area contributed by atoms with Crippen molar-refractivity contribution in [1.82, 2.24) is 5.32 Å². The monoisotopic (exact) mass is 229 g/mol. The van der Waals surface area contributed by atoms with E-state index in [1.54, 1.807) is 0 Å². The van der Waals surface area contributed by atoms with Gasteiger partial charge in [-0.2, -0.15) is 23.5 Å². The average molecular weight is 229 g/mol. The van der Waals surface area contributed by atoms with Crippen molar-refractivity contribution in [2.45, 2.75) is 42.2 Å². The van der Waals surface area contributed by atoms with Gasteiger partial charge in [-0.3, -0.25) is 0 Å². The smallest absolute Gasteiger partial charge is 0.0320 e. The van der Waals surface area contributed by atoms with Gasteiger partial charge >= 0.3 is 0 Å². The summed E-state index contributed by atoms with van der Waals surface area (Å²) in [7, 11) is 0. The van der Waals surface area contributed by atoms with Crippen LogP contribution in [0.3, 0.4) is 0 Å². The molecule has 3 unspecified atom stereocenters. The van der Waals surface area contributed by atoms with Gasteiger partial charge in [0.15, 0.2) is 0 Å². The van der Waals surface area contributed by atoms with Crippen molar-refractivity contribution in [3.63, 3.8) is 0 Å². The lowest BCUT2D eigenvalue weighted by Gasteiger charge is -2.28. The molecule has 3 aliphatic rings. The molecule has 14 heavy (non-hydrogen) atoms. The molecule has 3 fully saturated rings. The van der Waals surface area contributed by atoms with Crippen molar-refractivity contribution >= 4 is 23.5 Å². The SMILES string of the molecule is C1CSC2C(NCC3CC3)CCC2S1. The Hall–Kier alpha value is 0.660. The molecule has 0 aromatic heterocycles. The lowest BCUT2D eigenvalue weighted by molar-refractivity contribution is 0.514. The van der Waals surface area contributed by atoms with E-state index in [9.17, 15) is 0 Å². The number of hydrogen-bond donors (Lipinski definition) is 1. The second kappa shape index (κ2) is 4.26. The third-order valence-corrected chi connectivity index (χ3v) is 6.93. The van der Waals surface area contributed by atoms with Crippen molar-refractivity contribution < 1.29 is 0 Å². The van der Waals surface area contributed by atoms with E-state index in [1.165, 1.54) is 43.7 Å². The first-order chi connectivity index (χ1) is 6.93. The van der Waals surface area contributed by atoms with E-state index in [4.69, 9.17) is 0 Å². The molecule has 3 heteroatoms. The maximum atomic E-state index is 3.81. The van der Waals surface area contributed by atoms with E-state index in [0.717, 1.165) is 22.5 Å². The molecule has 2 aliphatic carbocycles. The average Bonchev–Trinajstić information content (AvgIpc) is 2.96. The Morgan fingerprint density at radius 2 is 1.86 bits per heavy atom. The van der Waals surface area contributed by atoms with Crippen molar-refractivity contribution in [2.75, 3.05) is 18.1 Å². The minimum atomic E-state index is 0.846. The summed E-state index contributed by atoms with van der Waals surface area (Å²) in [5, 5.41) is 5.72. The zero-order chi connectivity index (χ0) is 9.38. The van der Waals surface area contributed by atoms with Crippen LogP contribution < -0.4 is 5.32 Å². The lowest BCUT2D eigenvalue weighted by Crippen LogP contribution is -2.39. The quantitative estimate of drug-likeness (QED) is 0.798. The third kappa shape index (κ3) is 2.10. The fourth-order valence-electron chi connectivity index (χ4n) is 2.58. The summed E-state index contributed by atoms with van der Waals surface area (Å²) in [4.78, 5) is 0. The number of nitrogens with one attached hydrogen (secondary N) is 1. The summed E-state index contributed by atoms with van der Waals surface area (Å²) in [5.74, 6) is 3.81. The van der Waals surface area contributed by atoms with Gasteiger partial charge in [0.1, 0.15) is 0 Å². The molecule has 0 bridgehead atoms. The Bertz CT molecular complexity index is 205. The molecule has 0 aromatic carbocycles. The highest BCUT2D eigenvalue weighted by atomic mass is 32.2. The maximum Gasteiger partial charge on any atom is 0.0320 e. The van der Waals surface area contributed by atoms with Crippen LogP contribution in [0.15, 0.2) is 0 Å². The Labute approximate surface area is 95.2 Å². The van der Waals surface area contributed by atoms with Crippen LogP contribution in [-0.2, 0) is 0 Å². The molecule has 80 valence electrons. The first-order valence-corrected chi connectivity index (χ1v) is 8.00. The molecule has 1 heterocycles. The van der Waals surface area contributed by atoms with Gasteiger partial charge in [-0.05, 0) is 38.1 Å². The second-order valence-electron chi connectivity index (χ2n) is 4.78. The minimum absolute atomic E-state index is 0.846. The van der Waals surface area contributed by atoms with E-state index in [1.807, 2.05) is 0 Å². The van der Waals surface area contributed by atoms with Crippen molar-refractivity contribution in [3.8, 4) is 0 Å². The molecule has 3 rings (SSSR count). The van der Waals surface area contributed by atoms with Crippen LogP contribution in [0.2, 0.25) is 0 Å². The molecule has 1 aliphatic heterocycles. The predicted octanol–water partition coefficient (Wildman–Crippen LogP) is 2.37. The van der Waals surface area contributed by atoms with Crippen molar-refractivity contribution in [3.05, 3.63) is 0 Å². The minimum Gasteiger partial charge on any atom is -0.313 e.